The molecule has 0 saturated heterocycles. The van der Waals surface area contributed by atoms with Crippen LogP contribution in [0.5, 0.6) is 0 Å². The Hall–Kier alpha value is -1.00. The molecular formula is C10H12F2O2. The molecule has 4 heteroatoms. The van der Waals surface area contributed by atoms with E-state index >= 15 is 0 Å². The molecule has 0 fully saturated rings. The standard InChI is InChI=1S/C10H12F2O2/c11-9-2-1-3-10(12)8(9)4-7(5-13)6-14/h1-3,7,13-14H,4-6H2. The molecule has 78 valence electrons. The molecule has 0 aromatic heterocycles. The van der Waals surface area contributed by atoms with Crippen molar-refractivity contribution in [1.82, 2.24) is 0 Å². The van der Waals surface area contributed by atoms with E-state index in [0.29, 0.717) is 0 Å². The molecule has 0 unspecified atom stereocenters. The third kappa shape index (κ3) is 2.49. The lowest BCUT2D eigenvalue weighted by molar-refractivity contribution is 0.148. The summed E-state index contributed by atoms with van der Waals surface area (Å²) >= 11 is 0. The van der Waals surface area contributed by atoms with Crippen LogP contribution in [0.3, 0.4) is 0 Å². The fourth-order valence-electron chi connectivity index (χ4n) is 1.20. The minimum absolute atomic E-state index is 0.00546. The Kier molecular flexibility index (Phi) is 3.98. The van der Waals surface area contributed by atoms with Gasteiger partial charge in [0.1, 0.15) is 11.6 Å². The summed E-state index contributed by atoms with van der Waals surface area (Å²) in [6.07, 6.45) is 0.00546. The summed E-state index contributed by atoms with van der Waals surface area (Å²) < 4.78 is 26.2. The average Bonchev–Trinajstić information content (AvgIpc) is 2.18. The molecule has 1 aromatic rings. The van der Waals surface area contributed by atoms with Gasteiger partial charge < -0.3 is 10.2 Å². The molecule has 1 aromatic carbocycles. The van der Waals surface area contributed by atoms with Gasteiger partial charge in [0.2, 0.25) is 0 Å². The van der Waals surface area contributed by atoms with Crippen LogP contribution in [0.4, 0.5) is 8.78 Å². The lowest BCUT2D eigenvalue weighted by Crippen LogP contribution is -2.15. The zero-order chi connectivity index (χ0) is 10.6. The zero-order valence-electron chi connectivity index (χ0n) is 7.58. The lowest BCUT2D eigenvalue weighted by Gasteiger charge is -2.11. The Morgan fingerprint density at radius 1 is 1.07 bits per heavy atom. The van der Waals surface area contributed by atoms with E-state index < -0.39 is 17.6 Å². The first kappa shape index (κ1) is 11.1. The maximum absolute atomic E-state index is 13.1. The van der Waals surface area contributed by atoms with Gasteiger partial charge in [-0.2, -0.15) is 0 Å². The van der Waals surface area contributed by atoms with Gasteiger partial charge in [-0.15, -0.1) is 0 Å². The number of aliphatic hydroxyl groups is 2. The molecule has 0 aliphatic carbocycles. The zero-order valence-corrected chi connectivity index (χ0v) is 7.58. The highest BCUT2D eigenvalue weighted by Crippen LogP contribution is 2.16. The minimum Gasteiger partial charge on any atom is -0.396 e. The molecule has 1 rings (SSSR count). The van der Waals surface area contributed by atoms with Crippen molar-refractivity contribution in [2.24, 2.45) is 5.92 Å². The number of aliphatic hydroxyl groups excluding tert-OH is 2. The normalized spacial score (nSPS) is 10.9. The van der Waals surface area contributed by atoms with Crippen molar-refractivity contribution in [2.45, 2.75) is 6.42 Å². The monoisotopic (exact) mass is 202 g/mol. The van der Waals surface area contributed by atoms with Gasteiger partial charge in [-0.05, 0) is 18.6 Å². The van der Waals surface area contributed by atoms with Gasteiger partial charge in [0.25, 0.3) is 0 Å². The lowest BCUT2D eigenvalue weighted by atomic mass is 10.00. The van der Waals surface area contributed by atoms with E-state index in [1.807, 2.05) is 0 Å². The predicted molar refractivity (Wildman–Crippen MR) is 47.7 cm³/mol. The van der Waals surface area contributed by atoms with Gasteiger partial charge in [-0.25, -0.2) is 8.78 Å². The third-order valence-electron chi connectivity index (χ3n) is 2.07. The SMILES string of the molecule is OCC(CO)Cc1c(F)cccc1F. The molecule has 2 N–H and O–H groups in total. The highest BCUT2D eigenvalue weighted by atomic mass is 19.1. The maximum Gasteiger partial charge on any atom is 0.129 e. The molecule has 0 bridgehead atoms. The van der Waals surface area contributed by atoms with Crippen molar-refractivity contribution in [3.63, 3.8) is 0 Å². The number of hydrogen-bond donors (Lipinski definition) is 2. The molecular weight excluding hydrogens is 190 g/mol. The van der Waals surface area contributed by atoms with Gasteiger partial charge in [-0.3, -0.25) is 0 Å². The highest BCUT2D eigenvalue weighted by molar-refractivity contribution is 5.20. The number of benzene rings is 1. The molecule has 0 heterocycles. The minimum atomic E-state index is -0.642. The second-order valence-corrected chi connectivity index (χ2v) is 3.14. The van der Waals surface area contributed by atoms with E-state index in [-0.39, 0.29) is 25.2 Å². The van der Waals surface area contributed by atoms with Crippen molar-refractivity contribution in [3.05, 3.63) is 35.4 Å². The van der Waals surface area contributed by atoms with Gasteiger partial charge in [0.15, 0.2) is 0 Å². The molecule has 2 nitrogen and oxygen atoms in total. The van der Waals surface area contributed by atoms with Crippen molar-refractivity contribution in [2.75, 3.05) is 13.2 Å². The Bertz CT molecular complexity index is 278. The van der Waals surface area contributed by atoms with Crippen LogP contribution in [0, 0.1) is 17.6 Å². The van der Waals surface area contributed by atoms with E-state index in [4.69, 9.17) is 10.2 Å². The Morgan fingerprint density at radius 3 is 2.00 bits per heavy atom. The molecule has 0 atom stereocenters. The molecule has 0 amide bonds. The molecule has 14 heavy (non-hydrogen) atoms. The largest absolute Gasteiger partial charge is 0.396 e. The van der Waals surface area contributed by atoms with Crippen molar-refractivity contribution in [1.29, 1.82) is 0 Å². The first-order valence-corrected chi connectivity index (χ1v) is 4.33. The predicted octanol–water partition coefficient (Wildman–Crippen LogP) is 1.11. The summed E-state index contributed by atoms with van der Waals surface area (Å²) in [6, 6.07) is 3.59. The molecule has 0 saturated carbocycles. The average molecular weight is 202 g/mol. The van der Waals surface area contributed by atoms with Gasteiger partial charge in [0.05, 0.1) is 0 Å². The van der Waals surface area contributed by atoms with Crippen molar-refractivity contribution >= 4 is 0 Å². The summed E-state index contributed by atoms with van der Waals surface area (Å²) in [5.74, 6) is -1.80. The van der Waals surface area contributed by atoms with Crippen molar-refractivity contribution in [3.8, 4) is 0 Å². The van der Waals surface area contributed by atoms with Crippen LogP contribution in [0.15, 0.2) is 18.2 Å². The Balaban J connectivity index is 2.84. The topological polar surface area (TPSA) is 40.5 Å². The molecule has 0 spiro atoms. The second-order valence-electron chi connectivity index (χ2n) is 3.14. The van der Waals surface area contributed by atoms with Crippen LogP contribution >= 0.6 is 0 Å². The first-order valence-electron chi connectivity index (χ1n) is 4.33. The van der Waals surface area contributed by atoms with Crippen LogP contribution < -0.4 is 0 Å². The van der Waals surface area contributed by atoms with Gasteiger partial charge >= 0.3 is 0 Å². The van der Waals surface area contributed by atoms with Crippen molar-refractivity contribution < 1.29 is 19.0 Å². The second kappa shape index (κ2) is 5.02. The number of rotatable bonds is 4. The molecule has 0 radical (unpaired) electrons. The van der Waals surface area contributed by atoms with E-state index in [9.17, 15) is 8.78 Å². The van der Waals surface area contributed by atoms with Crippen LogP contribution in [0.25, 0.3) is 0 Å². The van der Waals surface area contributed by atoms with E-state index in [1.165, 1.54) is 6.07 Å². The van der Waals surface area contributed by atoms with Gasteiger partial charge in [-0.1, -0.05) is 6.07 Å². The van der Waals surface area contributed by atoms with Gasteiger partial charge in [0, 0.05) is 24.7 Å². The third-order valence-corrected chi connectivity index (χ3v) is 2.07. The van der Waals surface area contributed by atoms with Crippen LogP contribution in [0.1, 0.15) is 5.56 Å². The van der Waals surface area contributed by atoms with Crippen LogP contribution in [0.2, 0.25) is 0 Å². The quantitative estimate of drug-likeness (QED) is 0.767. The fraction of sp³-hybridized carbons (Fsp3) is 0.400. The summed E-state index contributed by atoms with van der Waals surface area (Å²) in [5.41, 5.74) is -0.0828. The number of hydrogen-bond acceptors (Lipinski definition) is 2. The number of halogens is 2. The Labute approximate surface area is 80.8 Å². The van der Waals surface area contributed by atoms with E-state index in [1.54, 1.807) is 0 Å². The molecule has 0 aliphatic rings. The summed E-state index contributed by atoms with van der Waals surface area (Å²) in [7, 11) is 0. The smallest absolute Gasteiger partial charge is 0.129 e. The van der Waals surface area contributed by atoms with E-state index in [2.05, 4.69) is 0 Å². The molecule has 0 aliphatic heterocycles. The maximum atomic E-state index is 13.1. The van der Waals surface area contributed by atoms with Crippen LogP contribution in [-0.2, 0) is 6.42 Å². The van der Waals surface area contributed by atoms with Crippen LogP contribution in [-0.4, -0.2) is 23.4 Å². The summed E-state index contributed by atoms with van der Waals surface area (Å²) in [4.78, 5) is 0. The Morgan fingerprint density at radius 2 is 1.57 bits per heavy atom. The summed E-state index contributed by atoms with van der Waals surface area (Å²) in [6.45, 7) is -0.575. The van der Waals surface area contributed by atoms with E-state index in [0.717, 1.165) is 12.1 Å². The first-order chi connectivity index (χ1) is 6.69. The summed E-state index contributed by atoms with van der Waals surface area (Å²) in [5, 5.41) is 17.5. The highest BCUT2D eigenvalue weighted by Gasteiger charge is 2.14. The fourth-order valence-corrected chi connectivity index (χ4v) is 1.20.